The molecule has 2 heterocycles. The summed E-state index contributed by atoms with van der Waals surface area (Å²) in [6.45, 7) is 2.35. The normalized spacial score (nSPS) is 18.4. The van der Waals surface area contributed by atoms with Crippen LogP contribution in [0, 0.1) is 5.92 Å². The summed E-state index contributed by atoms with van der Waals surface area (Å²) in [6, 6.07) is 0. The fourth-order valence-corrected chi connectivity index (χ4v) is 3.64. The fraction of sp³-hybridized carbons (Fsp3) is 0.778. The van der Waals surface area contributed by atoms with Crippen LogP contribution in [0.15, 0.2) is 0 Å². The maximum atomic E-state index is 12.2. The maximum Gasteiger partial charge on any atom is 0.230 e. The van der Waals surface area contributed by atoms with Crippen molar-refractivity contribution in [3.05, 3.63) is 5.82 Å². The zero-order valence-electron chi connectivity index (χ0n) is 15.5. The zero-order chi connectivity index (χ0) is 17.6. The molecule has 0 bridgehead atoms. The molecule has 0 radical (unpaired) electrons. The Hall–Kier alpha value is -1.92. The topological polar surface area (TPSA) is 74.2 Å². The van der Waals surface area contributed by atoms with Crippen LogP contribution in [0.4, 0.5) is 11.9 Å². The van der Waals surface area contributed by atoms with Gasteiger partial charge in [0.2, 0.25) is 17.8 Å². The molecule has 1 aliphatic heterocycles. The van der Waals surface area contributed by atoms with Crippen LogP contribution >= 0.6 is 0 Å². The van der Waals surface area contributed by atoms with Crippen molar-refractivity contribution in [1.29, 1.82) is 0 Å². The average Bonchev–Trinajstić information content (AvgIpc) is 3.13. The first kappa shape index (κ1) is 17.9. The molecule has 1 amide bonds. The molecule has 1 aliphatic carbocycles. The Morgan fingerprint density at radius 3 is 2.48 bits per heavy atom. The van der Waals surface area contributed by atoms with Gasteiger partial charge in [-0.05, 0) is 38.0 Å². The molecule has 2 fully saturated rings. The molecule has 1 N–H and O–H groups in total. The van der Waals surface area contributed by atoms with Crippen molar-refractivity contribution in [2.24, 2.45) is 5.92 Å². The molecule has 138 valence electrons. The lowest BCUT2D eigenvalue weighted by molar-refractivity contribution is -0.122. The lowest BCUT2D eigenvalue weighted by atomic mass is 10.0. The summed E-state index contributed by atoms with van der Waals surface area (Å²) < 4.78 is 0. The van der Waals surface area contributed by atoms with Crippen LogP contribution in [0.2, 0.25) is 0 Å². The Morgan fingerprint density at radius 2 is 1.80 bits per heavy atom. The number of carbonyl (C=O) groups excluding carboxylic acids is 1. The summed E-state index contributed by atoms with van der Waals surface area (Å²) in [5.41, 5.74) is 0. The monoisotopic (exact) mass is 346 g/mol. The first-order valence-corrected chi connectivity index (χ1v) is 9.56. The summed E-state index contributed by atoms with van der Waals surface area (Å²) >= 11 is 0. The van der Waals surface area contributed by atoms with Crippen LogP contribution in [-0.4, -0.2) is 48.0 Å². The number of piperidine rings is 1. The molecule has 1 aromatic heterocycles. The molecule has 1 aromatic rings. The third-order valence-electron chi connectivity index (χ3n) is 5.09. The number of amides is 1. The number of rotatable bonds is 6. The van der Waals surface area contributed by atoms with Crippen molar-refractivity contribution in [1.82, 2.24) is 20.3 Å². The second-order valence-electron chi connectivity index (χ2n) is 7.43. The molecule has 0 unspecified atom stereocenters. The molecule has 1 saturated heterocycles. The van der Waals surface area contributed by atoms with E-state index in [0.717, 1.165) is 19.0 Å². The van der Waals surface area contributed by atoms with E-state index < -0.39 is 0 Å². The predicted octanol–water partition coefficient (Wildman–Crippen LogP) is 2.12. The third kappa shape index (κ3) is 5.03. The SMILES string of the molecule is CN(C)c1nc(CNC(=O)CC2CCCC2)nc(N2CCCCC2)n1. The molecule has 0 atom stereocenters. The number of hydrogen-bond acceptors (Lipinski definition) is 6. The summed E-state index contributed by atoms with van der Waals surface area (Å²) in [5.74, 6) is 2.69. The summed E-state index contributed by atoms with van der Waals surface area (Å²) in [7, 11) is 3.86. The van der Waals surface area contributed by atoms with Crippen molar-refractivity contribution in [2.45, 2.75) is 57.9 Å². The second kappa shape index (κ2) is 8.45. The van der Waals surface area contributed by atoms with E-state index >= 15 is 0 Å². The van der Waals surface area contributed by atoms with Crippen LogP contribution in [0.3, 0.4) is 0 Å². The van der Waals surface area contributed by atoms with Gasteiger partial charge in [-0.25, -0.2) is 0 Å². The first-order valence-electron chi connectivity index (χ1n) is 9.56. The molecule has 0 aromatic carbocycles. The minimum atomic E-state index is 0.109. The van der Waals surface area contributed by atoms with Crippen LogP contribution in [-0.2, 0) is 11.3 Å². The van der Waals surface area contributed by atoms with Crippen molar-refractivity contribution in [3.63, 3.8) is 0 Å². The van der Waals surface area contributed by atoms with Crippen molar-refractivity contribution < 1.29 is 4.79 Å². The molecule has 25 heavy (non-hydrogen) atoms. The van der Waals surface area contributed by atoms with Gasteiger partial charge < -0.3 is 15.1 Å². The van der Waals surface area contributed by atoms with Gasteiger partial charge in [-0.3, -0.25) is 4.79 Å². The van der Waals surface area contributed by atoms with E-state index in [9.17, 15) is 4.79 Å². The van der Waals surface area contributed by atoms with Crippen molar-refractivity contribution in [3.8, 4) is 0 Å². The number of nitrogens with one attached hydrogen (secondary N) is 1. The van der Waals surface area contributed by atoms with E-state index in [1.54, 1.807) is 0 Å². The molecule has 2 aliphatic rings. The van der Waals surface area contributed by atoms with Gasteiger partial charge in [0.25, 0.3) is 0 Å². The molecule has 1 saturated carbocycles. The van der Waals surface area contributed by atoms with E-state index in [2.05, 4.69) is 25.2 Å². The smallest absolute Gasteiger partial charge is 0.230 e. The zero-order valence-corrected chi connectivity index (χ0v) is 15.5. The second-order valence-corrected chi connectivity index (χ2v) is 7.43. The Labute approximate surface area is 150 Å². The highest BCUT2D eigenvalue weighted by Gasteiger charge is 2.20. The average molecular weight is 346 g/mol. The van der Waals surface area contributed by atoms with Crippen molar-refractivity contribution >= 4 is 17.8 Å². The Bertz CT molecular complexity index is 579. The van der Waals surface area contributed by atoms with Gasteiger partial charge in [-0.1, -0.05) is 12.8 Å². The largest absolute Gasteiger partial charge is 0.349 e. The maximum absolute atomic E-state index is 12.2. The number of hydrogen-bond donors (Lipinski definition) is 1. The molecule has 0 spiro atoms. The Balaban J connectivity index is 1.64. The van der Waals surface area contributed by atoms with Crippen LogP contribution < -0.4 is 15.1 Å². The molecular formula is C18H30N6O. The minimum Gasteiger partial charge on any atom is -0.349 e. The third-order valence-corrected chi connectivity index (χ3v) is 5.09. The highest BCUT2D eigenvalue weighted by molar-refractivity contribution is 5.76. The quantitative estimate of drug-likeness (QED) is 0.850. The van der Waals surface area contributed by atoms with Gasteiger partial charge in [0.05, 0.1) is 6.54 Å². The van der Waals surface area contributed by atoms with Crippen LogP contribution in [0.1, 0.15) is 57.2 Å². The van der Waals surface area contributed by atoms with Crippen LogP contribution in [0.25, 0.3) is 0 Å². The molecular weight excluding hydrogens is 316 g/mol. The summed E-state index contributed by atoms with van der Waals surface area (Å²) in [4.78, 5) is 30.0. The highest BCUT2D eigenvalue weighted by Crippen LogP contribution is 2.27. The lowest BCUT2D eigenvalue weighted by Crippen LogP contribution is -2.33. The number of anilines is 2. The number of carbonyl (C=O) groups is 1. The van der Waals surface area contributed by atoms with Gasteiger partial charge in [0.1, 0.15) is 0 Å². The number of nitrogens with zero attached hydrogens (tertiary/aromatic N) is 5. The summed E-state index contributed by atoms with van der Waals surface area (Å²) in [5, 5.41) is 2.99. The van der Waals surface area contributed by atoms with Gasteiger partial charge in [0.15, 0.2) is 5.82 Å². The molecule has 7 heteroatoms. The molecule has 3 rings (SSSR count). The Kier molecular flexibility index (Phi) is 6.04. The van der Waals surface area contributed by atoms with Crippen molar-refractivity contribution in [2.75, 3.05) is 37.0 Å². The summed E-state index contributed by atoms with van der Waals surface area (Å²) in [6.07, 6.45) is 9.14. The van der Waals surface area contributed by atoms with E-state index in [1.165, 1.54) is 44.9 Å². The van der Waals surface area contributed by atoms with E-state index in [-0.39, 0.29) is 5.91 Å². The molecule has 7 nitrogen and oxygen atoms in total. The van der Waals surface area contributed by atoms with E-state index in [0.29, 0.717) is 30.7 Å². The lowest BCUT2D eigenvalue weighted by Gasteiger charge is -2.27. The minimum absolute atomic E-state index is 0.109. The highest BCUT2D eigenvalue weighted by atomic mass is 16.1. The fourth-order valence-electron chi connectivity index (χ4n) is 3.64. The van der Waals surface area contributed by atoms with Crippen LogP contribution in [0.5, 0.6) is 0 Å². The predicted molar refractivity (Wildman–Crippen MR) is 98.6 cm³/mol. The standard InChI is InChI=1S/C18H30N6O/c1-23(2)17-20-15(13-19-16(25)12-14-8-4-5-9-14)21-18(22-17)24-10-6-3-7-11-24/h14H,3-13H2,1-2H3,(H,19,25). The van der Waals surface area contributed by atoms with Gasteiger partial charge >= 0.3 is 0 Å². The van der Waals surface area contributed by atoms with E-state index in [1.807, 2.05) is 19.0 Å². The first-order chi connectivity index (χ1) is 12.1. The number of aromatic nitrogens is 3. The van der Waals surface area contributed by atoms with Gasteiger partial charge in [-0.15, -0.1) is 0 Å². The van der Waals surface area contributed by atoms with Gasteiger partial charge in [-0.2, -0.15) is 15.0 Å². The Morgan fingerprint density at radius 1 is 1.08 bits per heavy atom. The van der Waals surface area contributed by atoms with Gasteiger partial charge in [0, 0.05) is 33.6 Å². The van der Waals surface area contributed by atoms with E-state index in [4.69, 9.17) is 0 Å².